The lowest BCUT2D eigenvalue weighted by atomic mass is 10.2. The van der Waals surface area contributed by atoms with E-state index in [2.05, 4.69) is 15.3 Å². The van der Waals surface area contributed by atoms with E-state index in [1.807, 2.05) is 6.92 Å². The number of ether oxygens (including phenoxy) is 2. The molecule has 15 heavy (non-hydrogen) atoms. The third-order valence-corrected chi connectivity index (χ3v) is 2.17. The molecular formula is C10H15N3O2. The van der Waals surface area contributed by atoms with E-state index in [1.165, 1.54) is 0 Å². The van der Waals surface area contributed by atoms with Crippen LogP contribution in [-0.4, -0.2) is 41.9 Å². The van der Waals surface area contributed by atoms with Crippen molar-refractivity contribution in [2.24, 2.45) is 0 Å². The SMILES string of the molecule is CC1CNCC(COc2ncccn2)O1. The summed E-state index contributed by atoms with van der Waals surface area (Å²) in [6.45, 7) is 4.25. The minimum Gasteiger partial charge on any atom is -0.461 e. The highest BCUT2D eigenvalue weighted by atomic mass is 16.5. The molecule has 5 heteroatoms. The summed E-state index contributed by atoms with van der Waals surface area (Å²) in [7, 11) is 0. The van der Waals surface area contributed by atoms with Crippen molar-refractivity contribution in [3.63, 3.8) is 0 Å². The molecule has 0 spiro atoms. The zero-order valence-electron chi connectivity index (χ0n) is 8.72. The fraction of sp³-hybridized carbons (Fsp3) is 0.600. The summed E-state index contributed by atoms with van der Waals surface area (Å²) in [4.78, 5) is 7.95. The lowest BCUT2D eigenvalue weighted by Crippen LogP contribution is -2.45. The topological polar surface area (TPSA) is 56.3 Å². The van der Waals surface area contributed by atoms with Crippen molar-refractivity contribution >= 4 is 0 Å². The van der Waals surface area contributed by atoms with Gasteiger partial charge in [0.1, 0.15) is 12.7 Å². The highest BCUT2D eigenvalue weighted by Crippen LogP contribution is 2.05. The maximum absolute atomic E-state index is 5.66. The van der Waals surface area contributed by atoms with Crippen molar-refractivity contribution in [1.82, 2.24) is 15.3 Å². The molecule has 1 aromatic heterocycles. The second kappa shape index (κ2) is 5.04. The van der Waals surface area contributed by atoms with Crippen molar-refractivity contribution in [3.05, 3.63) is 18.5 Å². The first-order valence-corrected chi connectivity index (χ1v) is 5.10. The van der Waals surface area contributed by atoms with Crippen LogP contribution in [0.4, 0.5) is 0 Å². The van der Waals surface area contributed by atoms with E-state index in [0.717, 1.165) is 13.1 Å². The smallest absolute Gasteiger partial charge is 0.316 e. The van der Waals surface area contributed by atoms with Crippen LogP contribution >= 0.6 is 0 Å². The molecule has 2 unspecified atom stereocenters. The van der Waals surface area contributed by atoms with Crippen LogP contribution in [0.5, 0.6) is 6.01 Å². The van der Waals surface area contributed by atoms with Crippen molar-refractivity contribution in [1.29, 1.82) is 0 Å². The Morgan fingerprint density at radius 1 is 1.47 bits per heavy atom. The van der Waals surface area contributed by atoms with Crippen LogP contribution in [0.2, 0.25) is 0 Å². The number of hydrogen-bond acceptors (Lipinski definition) is 5. The maximum Gasteiger partial charge on any atom is 0.316 e. The largest absolute Gasteiger partial charge is 0.461 e. The van der Waals surface area contributed by atoms with Crippen molar-refractivity contribution in [3.8, 4) is 6.01 Å². The van der Waals surface area contributed by atoms with E-state index in [-0.39, 0.29) is 12.2 Å². The van der Waals surface area contributed by atoms with Crippen LogP contribution in [-0.2, 0) is 4.74 Å². The first kappa shape index (κ1) is 10.3. The monoisotopic (exact) mass is 209 g/mol. The molecule has 0 aromatic carbocycles. The highest BCUT2D eigenvalue weighted by molar-refractivity contribution is 4.93. The van der Waals surface area contributed by atoms with Gasteiger partial charge in [0.2, 0.25) is 0 Å². The van der Waals surface area contributed by atoms with E-state index < -0.39 is 0 Å². The Balaban J connectivity index is 1.78. The average molecular weight is 209 g/mol. The van der Waals surface area contributed by atoms with Gasteiger partial charge in [-0.1, -0.05) is 0 Å². The third kappa shape index (κ3) is 3.14. The van der Waals surface area contributed by atoms with Gasteiger partial charge in [-0.05, 0) is 13.0 Å². The number of hydrogen-bond donors (Lipinski definition) is 1. The van der Waals surface area contributed by atoms with Crippen LogP contribution in [0, 0.1) is 0 Å². The van der Waals surface area contributed by atoms with Crippen molar-refractivity contribution in [2.45, 2.75) is 19.1 Å². The van der Waals surface area contributed by atoms with E-state index >= 15 is 0 Å². The zero-order chi connectivity index (χ0) is 10.5. The zero-order valence-corrected chi connectivity index (χ0v) is 8.72. The van der Waals surface area contributed by atoms with Crippen LogP contribution in [0.25, 0.3) is 0 Å². The normalized spacial score (nSPS) is 26.2. The fourth-order valence-electron chi connectivity index (χ4n) is 1.50. The summed E-state index contributed by atoms with van der Waals surface area (Å²) >= 11 is 0. The van der Waals surface area contributed by atoms with Crippen molar-refractivity contribution in [2.75, 3.05) is 19.7 Å². The molecule has 0 bridgehead atoms. The maximum atomic E-state index is 5.66. The lowest BCUT2D eigenvalue weighted by molar-refractivity contribution is -0.0483. The number of aromatic nitrogens is 2. The average Bonchev–Trinajstić information content (AvgIpc) is 2.28. The molecule has 0 amide bonds. The van der Waals surface area contributed by atoms with Gasteiger partial charge in [-0.3, -0.25) is 0 Å². The summed E-state index contributed by atoms with van der Waals surface area (Å²) in [5.41, 5.74) is 0. The molecule has 1 saturated heterocycles. The van der Waals surface area contributed by atoms with Gasteiger partial charge in [0.25, 0.3) is 0 Å². The van der Waals surface area contributed by atoms with E-state index in [0.29, 0.717) is 12.6 Å². The molecule has 0 saturated carbocycles. The Hall–Kier alpha value is -1.20. The molecule has 1 aliphatic rings. The van der Waals surface area contributed by atoms with Gasteiger partial charge in [-0.15, -0.1) is 0 Å². The lowest BCUT2D eigenvalue weighted by Gasteiger charge is -2.28. The fourth-order valence-corrected chi connectivity index (χ4v) is 1.50. The number of morpholine rings is 1. The Bertz CT molecular complexity index is 294. The van der Waals surface area contributed by atoms with Gasteiger partial charge < -0.3 is 14.8 Å². The highest BCUT2D eigenvalue weighted by Gasteiger charge is 2.19. The van der Waals surface area contributed by atoms with Gasteiger partial charge in [-0.2, -0.15) is 0 Å². The number of nitrogens with zero attached hydrogens (tertiary/aromatic N) is 2. The second-order valence-electron chi connectivity index (χ2n) is 3.57. The molecule has 2 atom stereocenters. The van der Waals surface area contributed by atoms with Crippen molar-refractivity contribution < 1.29 is 9.47 Å². The Morgan fingerprint density at radius 2 is 2.27 bits per heavy atom. The molecule has 1 N–H and O–H groups in total. The minimum atomic E-state index is 0.0811. The standard InChI is InChI=1S/C10H15N3O2/c1-8-5-11-6-9(15-8)7-14-10-12-3-2-4-13-10/h2-4,8-9,11H,5-7H2,1H3. The van der Waals surface area contributed by atoms with Gasteiger partial charge in [0.15, 0.2) is 0 Å². The molecule has 2 heterocycles. The second-order valence-corrected chi connectivity index (χ2v) is 3.57. The van der Waals surface area contributed by atoms with Crippen LogP contribution in [0.15, 0.2) is 18.5 Å². The van der Waals surface area contributed by atoms with Crippen LogP contribution in [0.3, 0.4) is 0 Å². The molecule has 1 fully saturated rings. The first-order chi connectivity index (χ1) is 7.34. The molecule has 1 aromatic rings. The summed E-state index contributed by atoms with van der Waals surface area (Å²) in [6.07, 6.45) is 3.64. The van der Waals surface area contributed by atoms with Gasteiger partial charge >= 0.3 is 6.01 Å². The number of nitrogens with one attached hydrogen (secondary N) is 1. The van der Waals surface area contributed by atoms with E-state index in [4.69, 9.17) is 9.47 Å². The van der Waals surface area contributed by atoms with E-state index in [1.54, 1.807) is 18.5 Å². The molecule has 1 aliphatic heterocycles. The minimum absolute atomic E-state index is 0.0811. The van der Waals surface area contributed by atoms with Crippen LogP contribution in [0.1, 0.15) is 6.92 Å². The Kier molecular flexibility index (Phi) is 3.47. The van der Waals surface area contributed by atoms with Crippen LogP contribution < -0.4 is 10.1 Å². The third-order valence-electron chi connectivity index (χ3n) is 2.17. The molecule has 5 nitrogen and oxygen atoms in total. The Morgan fingerprint density at radius 3 is 3.00 bits per heavy atom. The van der Waals surface area contributed by atoms with Gasteiger partial charge in [-0.25, -0.2) is 9.97 Å². The predicted octanol–water partition coefficient (Wildman–Crippen LogP) is 0.232. The summed E-state index contributed by atoms with van der Waals surface area (Å²) in [5, 5.41) is 3.28. The molecule has 0 aliphatic carbocycles. The Labute approximate surface area is 88.8 Å². The molecule has 2 rings (SSSR count). The summed E-state index contributed by atoms with van der Waals surface area (Å²) in [5.74, 6) is 0. The van der Waals surface area contributed by atoms with E-state index in [9.17, 15) is 0 Å². The quantitative estimate of drug-likeness (QED) is 0.772. The molecule has 82 valence electrons. The number of rotatable bonds is 3. The molecular weight excluding hydrogens is 194 g/mol. The summed E-state index contributed by atoms with van der Waals surface area (Å²) in [6, 6.07) is 2.16. The van der Waals surface area contributed by atoms with Gasteiger partial charge in [0.05, 0.1) is 6.10 Å². The van der Waals surface area contributed by atoms with Gasteiger partial charge in [0, 0.05) is 25.5 Å². The first-order valence-electron chi connectivity index (χ1n) is 5.10. The summed E-state index contributed by atoms with van der Waals surface area (Å²) < 4.78 is 11.1. The molecule has 0 radical (unpaired) electrons. The predicted molar refractivity (Wildman–Crippen MR) is 54.7 cm³/mol.